The third-order valence-corrected chi connectivity index (χ3v) is 6.31. The summed E-state index contributed by atoms with van der Waals surface area (Å²) in [5, 5.41) is 8.70. The zero-order chi connectivity index (χ0) is 25.1. The van der Waals surface area contributed by atoms with Crippen LogP contribution < -0.4 is 20.5 Å². The number of carbonyl (C=O) groups excluding carboxylic acids is 2. The largest absolute Gasteiger partial charge is 0.497 e. The SMILES string of the molecule is COc1ccc(N2CC(C(=O)NCc3nn(Cc4cccnc4)c(=O)c4ccccc34)CC2=O)cc1. The Balaban J connectivity index is 1.33. The zero-order valence-electron chi connectivity index (χ0n) is 19.8. The summed E-state index contributed by atoms with van der Waals surface area (Å²) in [4.78, 5) is 44.4. The highest BCUT2D eigenvalue weighted by Crippen LogP contribution is 2.27. The van der Waals surface area contributed by atoms with Crippen LogP contribution in [0.1, 0.15) is 17.7 Å². The Bertz CT molecular complexity index is 1470. The van der Waals surface area contributed by atoms with E-state index in [2.05, 4.69) is 15.4 Å². The molecule has 2 aromatic heterocycles. The second kappa shape index (κ2) is 9.99. The molecule has 1 unspecified atom stereocenters. The molecule has 0 radical (unpaired) electrons. The van der Waals surface area contributed by atoms with Gasteiger partial charge in [-0.1, -0.05) is 24.3 Å². The van der Waals surface area contributed by atoms with Gasteiger partial charge in [0.1, 0.15) is 5.75 Å². The molecular formula is C27H25N5O4. The first-order valence-corrected chi connectivity index (χ1v) is 11.6. The molecule has 4 aromatic rings. The summed E-state index contributed by atoms with van der Waals surface area (Å²) in [6.45, 7) is 0.706. The van der Waals surface area contributed by atoms with Crippen LogP contribution in [0.3, 0.4) is 0 Å². The van der Waals surface area contributed by atoms with Crippen molar-refractivity contribution in [2.24, 2.45) is 5.92 Å². The van der Waals surface area contributed by atoms with Gasteiger partial charge >= 0.3 is 0 Å². The summed E-state index contributed by atoms with van der Waals surface area (Å²) in [5.74, 6) is -0.111. The van der Waals surface area contributed by atoms with Gasteiger partial charge in [0.15, 0.2) is 0 Å². The highest BCUT2D eigenvalue weighted by molar-refractivity contribution is 6.00. The average Bonchev–Trinajstić information content (AvgIpc) is 3.31. The van der Waals surface area contributed by atoms with Gasteiger partial charge < -0.3 is 15.0 Å². The number of methoxy groups -OCH3 is 1. The molecule has 1 N–H and O–H groups in total. The Morgan fingerprint density at radius 1 is 1.06 bits per heavy atom. The minimum absolute atomic E-state index is 0.103. The van der Waals surface area contributed by atoms with Gasteiger partial charge in [-0.15, -0.1) is 0 Å². The molecule has 2 aromatic carbocycles. The van der Waals surface area contributed by atoms with Gasteiger partial charge in [0.05, 0.1) is 37.2 Å². The summed E-state index contributed by atoms with van der Waals surface area (Å²) in [6, 6.07) is 18.1. The number of benzene rings is 2. The normalized spacial score (nSPS) is 15.3. The van der Waals surface area contributed by atoms with E-state index in [9.17, 15) is 14.4 Å². The van der Waals surface area contributed by atoms with E-state index >= 15 is 0 Å². The van der Waals surface area contributed by atoms with E-state index in [0.717, 1.165) is 11.3 Å². The standard InChI is InChI=1S/C27H25N5O4/c1-36-21-10-8-20(9-11-21)31-17-19(13-25(31)33)26(34)29-15-24-22-6-2-3-7-23(22)27(35)32(30-24)16-18-5-4-12-28-14-18/h2-12,14,19H,13,15-17H2,1H3,(H,29,34). The Labute approximate surface area is 207 Å². The second-order valence-electron chi connectivity index (χ2n) is 8.64. The first-order chi connectivity index (χ1) is 17.5. The van der Waals surface area contributed by atoms with Crippen molar-refractivity contribution in [2.45, 2.75) is 19.5 Å². The van der Waals surface area contributed by atoms with Gasteiger partial charge in [-0.3, -0.25) is 19.4 Å². The van der Waals surface area contributed by atoms with Crippen LogP contribution in [0.15, 0.2) is 77.9 Å². The van der Waals surface area contributed by atoms with Crippen molar-refractivity contribution in [1.29, 1.82) is 0 Å². The molecular weight excluding hydrogens is 458 g/mol. The number of carbonyl (C=O) groups is 2. The van der Waals surface area contributed by atoms with E-state index in [0.29, 0.717) is 28.8 Å². The van der Waals surface area contributed by atoms with Gasteiger partial charge in [-0.05, 0) is 42.0 Å². The molecule has 3 heterocycles. The van der Waals surface area contributed by atoms with Gasteiger partial charge in [0.2, 0.25) is 11.8 Å². The number of amides is 2. The lowest BCUT2D eigenvalue weighted by Gasteiger charge is -2.17. The van der Waals surface area contributed by atoms with Crippen LogP contribution >= 0.6 is 0 Å². The number of ether oxygens (including phenoxy) is 1. The smallest absolute Gasteiger partial charge is 0.274 e. The van der Waals surface area contributed by atoms with E-state index in [1.54, 1.807) is 66.9 Å². The third kappa shape index (κ3) is 4.68. The maximum Gasteiger partial charge on any atom is 0.274 e. The van der Waals surface area contributed by atoms with Crippen molar-refractivity contribution in [2.75, 3.05) is 18.6 Å². The molecule has 1 aliphatic rings. The number of aromatic nitrogens is 3. The topological polar surface area (TPSA) is 106 Å². The first-order valence-electron chi connectivity index (χ1n) is 11.6. The lowest BCUT2D eigenvalue weighted by atomic mass is 10.1. The molecule has 0 aliphatic carbocycles. The molecule has 0 bridgehead atoms. The van der Waals surface area contributed by atoms with Crippen LogP contribution in [-0.2, 0) is 22.7 Å². The lowest BCUT2D eigenvalue weighted by Crippen LogP contribution is -2.34. The number of nitrogens with zero attached hydrogens (tertiary/aromatic N) is 4. The van der Waals surface area contributed by atoms with Crippen LogP contribution in [-0.4, -0.2) is 40.2 Å². The predicted molar refractivity (Wildman–Crippen MR) is 135 cm³/mol. The fourth-order valence-corrected chi connectivity index (χ4v) is 4.42. The molecule has 5 rings (SSSR count). The van der Waals surface area contributed by atoms with E-state index in [4.69, 9.17) is 4.74 Å². The molecule has 1 aliphatic heterocycles. The molecule has 1 atom stereocenters. The minimum atomic E-state index is -0.479. The Hall–Kier alpha value is -4.53. The molecule has 182 valence electrons. The molecule has 0 saturated carbocycles. The minimum Gasteiger partial charge on any atom is -0.497 e. The van der Waals surface area contributed by atoms with Crippen LogP contribution in [0.5, 0.6) is 5.75 Å². The molecule has 9 nitrogen and oxygen atoms in total. The lowest BCUT2D eigenvalue weighted by molar-refractivity contribution is -0.126. The van der Waals surface area contributed by atoms with Gasteiger partial charge in [0.25, 0.3) is 5.56 Å². The van der Waals surface area contributed by atoms with Crippen molar-refractivity contribution < 1.29 is 14.3 Å². The first kappa shape index (κ1) is 23.2. The van der Waals surface area contributed by atoms with Crippen molar-refractivity contribution in [3.8, 4) is 5.75 Å². The molecule has 36 heavy (non-hydrogen) atoms. The Morgan fingerprint density at radius 2 is 1.83 bits per heavy atom. The number of hydrogen-bond donors (Lipinski definition) is 1. The van der Waals surface area contributed by atoms with E-state index in [1.807, 2.05) is 18.2 Å². The number of nitrogens with one attached hydrogen (secondary N) is 1. The molecule has 1 fully saturated rings. The fraction of sp³-hybridized carbons (Fsp3) is 0.222. The Kier molecular flexibility index (Phi) is 6.44. The predicted octanol–water partition coefficient (Wildman–Crippen LogP) is 2.52. The summed E-state index contributed by atoms with van der Waals surface area (Å²) in [5.41, 5.74) is 1.95. The fourth-order valence-electron chi connectivity index (χ4n) is 4.42. The summed E-state index contributed by atoms with van der Waals surface area (Å²) >= 11 is 0. The average molecular weight is 484 g/mol. The molecule has 2 amide bonds. The highest BCUT2D eigenvalue weighted by Gasteiger charge is 2.35. The second-order valence-corrected chi connectivity index (χ2v) is 8.64. The maximum absolute atomic E-state index is 13.0. The maximum atomic E-state index is 13.0. The van der Waals surface area contributed by atoms with Crippen LogP contribution in [0.2, 0.25) is 0 Å². The van der Waals surface area contributed by atoms with Crippen molar-refractivity contribution in [3.05, 3.63) is 94.7 Å². The van der Waals surface area contributed by atoms with Crippen molar-refractivity contribution >= 4 is 28.3 Å². The van der Waals surface area contributed by atoms with Gasteiger partial charge in [-0.2, -0.15) is 5.10 Å². The number of anilines is 1. The van der Waals surface area contributed by atoms with Gasteiger partial charge in [0, 0.05) is 36.4 Å². The van der Waals surface area contributed by atoms with E-state index < -0.39 is 5.92 Å². The van der Waals surface area contributed by atoms with E-state index in [1.165, 1.54) is 4.68 Å². The zero-order valence-corrected chi connectivity index (χ0v) is 19.8. The van der Waals surface area contributed by atoms with Crippen LogP contribution in [0.25, 0.3) is 10.8 Å². The summed E-state index contributed by atoms with van der Waals surface area (Å²) in [7, 11) is 1.58. The van der Waals surface area contributed by atoms with Crippen LogP contribution in [0, 0.1) is 5.92 Å². The van der Waals surface area contributed by atoms with E-state index in [-0.39, 0.29) is 36.9 Å². The van der Waals surface area contributed by atoms with Gasteiger partial charge in [-0.25, -0.2) is 4.68 Å². The summed E-state index contributed by atoms with van der Waals surface area (Å²) in [6.07, 6.45) is 3.49. The van der Waals surface area contributed by atoms with Crippen molar-refractivity contribution in [1.82, 2.24) is 20.1 Å². The third-order valence-electron chi connectivity index (χ3n) is 6.31. The Morgan fingerprint density at radius 3 is 2.56 bits per heavy atom. The molecule has 1 saturated heterocycles. The monoisotopic (exact) mass is 483 g/mol. The molecule has 9 heteroatoms. The van der Waals surface area contributed by atoms with Crippen molar-refractivity contribution in [3.63, 3.8) is 0 Å². The number of rotatable bonds is 7. The number of hydrogen-bond acceptors (Lipinski definition) is 6. The van der Waals surface area contributed by atoms with Crippen LogP contribution in [0.4, 0.5) is 5.69 Å². The summed E-state index contributed by atoms with van der Waals surface area (Å²) < 4.78 is 6.57. The molecule has 0 spiro atoms. The quantitative estimate of drug-likeness (QED) is 0.433. The highest BCUT2D eigenvalue weighted by atomic mass is 16.5. The number of pyridine rings is 1. The number of fused-ring (bicyclic) bond motifs is 1.